The van der Waals surface area contributed by atoms with Crippen LogP contribution in [0.15, 0.2) is 39.5 Å². The fourth-order valence-electron chi connectivity index (χ4n) is 0.978. The second-order valence-electron chi connectivity index (χ2n) is 3.59. The second kappa shape index (κ2) is 7.89. The molecule has 0 amide bonds. The smallest absolute Gasteiger partial charge is 0.210 e. The fraction of sp³-hybridized carbons (Fsp3) is 0.250. The molecule has 0 saturated heterocycles. The lowest BCUT2D eigenvalue weighted by molar-refractivity contribution is 0.644. The first-order valence-electron chi connectivity index (χ1n) is 5.23. The first kappa shape index (κ1) is 14.7. The lowest BCUT2D eigenvalue weighted by atomic mass is 10.2. The zero-order valence-electron chi connectivity index (χ0n) is 10.5. The maximum Gasteiger partial charge on any atom is 0.210 e. The molecule has 0 aliphatic carbocycles. The highest BCUT2D eigenvalue weighted by Crippen LogP contribution is 2.08. The van der Waals surface area contributed by atoms with Crippen LogP contribution in [0.25, 0.3) is 0 Å². The summed E-state index contributed by atoms with van der Waals surface area (Å²) in [7, 11) is 3.80. The van der Waals surface area contributed by atoms with Crippen molar-refractivity contribution in [2.24, 2.45) is 15.2 Å². The standard InChI is InChI=1S/C12H15ClN4S/c1-17(2)9-14-12(18-3)16-15-8-10-4-6-11(13)7-5-10/h4-9H,1-3H3/b14-9+,15-8+,16-12+. The third-order valence-electron chi connectivity index (χ3n) is 1.80. The fourth-order valence-corrected chi connectivity index (χ4v) is 1.39. The molecule has 0 N–H and O–H groups in total. The number of aliphatic imine (C=N–C) groups is 1. The SMILES string of the molecule is CSC(/N=C/N(C)C)=N/N=C/c1ccc(Cl)cc1. The average molecular weight is 283 g/mol. The summed E-state index contributed by atoms with van der Waals surface area (Å²) >= 11 is 7.23. The van der Waals surface area contributed by atoms with E-state index in [1.54, 1.807) is 12.6 Å². The predicted octanol–water partition coefficient (Wildman–Crippen LogP) is 2.98. The van der Waals surface area contributed by atoms with Crippen LogP contribution in [-0.4, -0.2) is 43.0 Å². The Morgan fingerprint density at radius 1 is 1.28 bits per heavy atom. The Hall–Kier alpha value is -1.33. The number of halogens is 1. The summed E-state index contributed by atoms with van der Waals surface area (Å²) in [5.41, 5.74) is 0.945. The number of amidine groups is 1. The van der Waals surface area contributed by atoms with Gasteiger partial charge in [-0.3, -0.25) is 0 Å². The topological polar surface area (TPSA) is 40.3 Å². The van der Waals surface area contributed by atoms with Gasteiger partial charge in [-0.2, -0.15) is 5.10 Å². The number of rotatable bonds is 3. The van der Waals surface area contributed by atoms with Gasteiger partial charge in [-0.15, -0.1) is 5.10 Å². The Kier molecular flexibility index (Phi) is 6.46. The van der Waals surface area contributed by atoms with Gasteiger partial charge < -0.3 is 4.90 Å². The maximum absolute atomic E-state index is 5.79. The van der Waals surface area contributed by atoms with Crippen LogP contribution >= 0.6 is 23.4 Å². The molecule has 0 aromatic heterocycles. The van der Waals surface area contributed by atoms with Crippen molar-refractivity contribution in [3.8, 4) is 0 Å². The molecule has 0 radical (unpaired) electrons. The number of nitrogens with zero attached hydrogens (tertiary/aromatic N) is 4. The molecule has 6 heteroatoms. The summed E-state index contributed by atoms with van der Waals surface area (Å²) in [5.74, 6) is 0. The van der Waals surface area contributed by atoms with E-state index >= 15 is 0 Å². The molecule has 0 aliphatic rings. The number of benzene rings is 1. The van der Waals surface area contributed by atoms with Gasteiger partial charge in [0.15, 0.2) is 0 Å². The molecule has 96 valence electrons. The van der Waals surface area contributed by atoms with E-state index in [0.29, 0.717) is 10.2 Å². The van der Waals surface area contributed by atoms with Gasteiger partial charge in [0, 0.05) is 19.1 Å². The Bertz CT molecular complexity index is 452. The molecule has 18 heavy (non-hydrogen) atoms. The van der Waals surface area contributed by atoms with Crippen molar-refractivity contribution in [1.29, 1.82) is 0 Å². The average Bonchev–Trinajstić information content (AvgIpc) is 2.35. The Morgan fingerprint density at radius 3 is 2.50 bits per heavy atom. The second-order valence-corrected chi connectivity index (χ2v) is 4.80. The molecule has 0 bridgehead atoms. The van der Waals surface area contributed by atoms with Crippen molar-refractivity contribution < 1.29 is 0 Å². The zero-order valence-corrected chi connectivity index (χ0v) is 12.1. The van der Waals surface area contributed by atoms with Gasteiger partial charge in [-0.25, -0.2) is 4.99 Å². The summed E-state index contributed by atoms with van der Waals surface area (Å²) < 4.78 is 0. The van der Waals surface area contributed by atoms with Gasteiger partial charge in [0.05, 0.1) is 12.6 Å². The van der Waals surface area contributed by atoms with Crippen LogP contribution in [0.4, 0.5) is 0 Å². The molecule has 1 aromatic carbocycles. The first-order valence-corrected chi connectivity index (χ1v) is 6.83. The molecule has 1 rings (SSSR count). The van der Waals surface area contributed by atoms with Crippen LogP contribution in [0.3, 0.4) is 0 Å². The predicted molar refractivity (Wildman–Crippen MR) is 82.2 cm³/mol. The van der Waals surface area contributed by atoms with Crippen molar-refractivity contribution in [1.82, 2.24) is 4.90 Å². The van der Waals surface area contributed by atoms with E-state index in [9.17, 15) is 0 Å². The van der Waals surface area contributed by atoms with E-state index in [-0.39, 0.29) is 0 Å². The van der Waals surface area contributed by atoms with Crippen LogP contribution in [0, 0.1) is 0 Å². The van der Waals surface area contributed by atoms with Crippen molar-refractivity contribution in [2.75, 3.05) is 20.4 Å². The molecular weight excluding hydrogens is 268 g/mol. The quantitative estimate of drug-likeness (QED) is 0.486. The highest BCUT2D eigenvalue weighted by molar-refractivity contribution is 8.13. The third kappa shape index (κ3) is 5.84. The van der Waals surface area contributed by atoms with E-state index in [1.165, 1.54) is 11.8 Å². The highest BCUT2D eigenvalue weighted by atomic mass is 35.5. The molecule has 0 spiro atoms. The lowest BCUT2D eigenvalue weighted by Crippen LogP contribution is -2.08. The van der Waals surface area contributed by atoms with E-state index < -0.39 is 0 Å². The number of hydrogen-bond donors (Lipinski definition) is 0. The Balaban J connectivity index is 2.68. The van der Waals surface area contributed by atoms with Crippen molar-refractivity contribution in [3.05, 3.63) is 34.9 Å². The molecule has 0 aliphatic heterocycles. The molecule has 1 aromatic rings. The summed E-state index contributed by atoms with van der Waals surface area (Å²) in [6.45, 7) is 0. The molecule has 0 atom stereocenters. The minimum Gasteiger partial charge on any atom is -0.369 e. The summed E-state index contributed by atoms with van der Waals surface area (Å²) in [4.78, 5) is 6.01. The number of thioether (sulfide) groups is 1. The van der Waals surface area contributed by atoms with Gasteiger partial charge in [0.1, 0.15) is 0 Å². The summed E-state index contributed by atoms with van der Waals surface area (Å²) in [5, 5.41) is 9.32. The molecule has 0 saturated carbocycles. The number of hydrogen-bond acceptors (Lipinski definition) is 3. The molecular formula is C12H15ClN4S. The lowest BCUT2D eigenvalue weighted by Gasteiger charge is -2.01. The van der Waals surface area contributed by atoms with Gasteiger partial charge >= 0.3 is 0 Å². The molecule has 4 nitrogen and oxygen atoms in total. The minimum atomic E-state index is 0.605. The van der Waals surface area contributed by atoms with Crippen LogP contribution in [0.2, 0.25) is 5.02 Å². The zero-order chi connectivity index (χ0) is 13.4. The van der Waals surface area contributed by atoms with Crippen LogP contribution in [0.5, 0.6) is 0 Å². The molecule has 0 fully saturated rings. The van der Waals surface area contributed by atoms with E-state index in [2.05, 4.69) is 15.2 Å². The first-order chi connectivity index (χ1) is 8.61. The van der Waals surface area contributed by atoms with E-state index in [0.717, 1.165) is 5.56 Å². The normalized spacial score (nSPS) is 12.6. The summed E-state index contributed by atoms with van der Waals surface area (Å²) in [6.07, 6.45) is 5.26. The van der Waals surface area contributed by atoms with Gasteiger partial charge in [0.2, 0.25) is 5.17 Å². The van der Waals surface area contributed by atoms with E-state index in [4.69, 9.17) is 11.6 Å². The molecule has 0 heterocycles. The van der Waals surface area contributed by atoms with Crippen molar-refractivity contribution in [2.45, 2.75) is 0 Å². The monoisotopic (exact) mass is 282 g/mol. The van der Waals surface area contributed by atoms with Crippen LogP contribution in [0.1, 0.15) is 5.56 Å². The van der Waals surface area contributed by atoms with E-state index in [1.807, 2.05) is 49.5 Å². The van der Waals surface area contributed by atoms with Gasteiger partial charge in [-0.05, 0) is 24.0 Å². The van der Waals surface area contributed by atoms with Crippen molar-refractivity contribution in [3.63, 3.8) is 0 Å². The third-order valence-corrected chi connectivity index (χ3v) is 2.61. The Morgan fingerprint density at radius 2 is 1.94 bits per heavy atom. The molecule has 0 unspecified atom stereocenters. The van der Waals surface area contributed by atoms with Gasteiger partial charge in [0.25, 0.3) is 0 Å². The van der Waals surface area contributed by atoms with Crippen LogP contribution < -0.4 is 0 Å². The van der Waals surface area contributed by atoms with Crippen LogP contribution in [-0.2, 0) is 0 Å². The van der Waals surface area contributed by atoms with Crippen molar-refractivity contribution >= 4 is 41.1 Å². The highest BCUT2D eigenvalue weighted by Gasteiger charge is 1.92. The Labute approximate surface area is 116 Å². The summed E-state index contributed by atoms with van der Waals surface area (Å²) in [6, 6.07) is 7.38. The largest absolute Gasteiger partial charge is 0.369 e. The maximum atomic E-state index is 5.79. The minimum absolute atomic E-state index is 0.605. The van der Waals surface area contributed by atoms with Gasteiger partial charge in [-0.1, -0.05) is 35.5 Å².